The van der Waals surface area contributed by atoms with Crippen LogP contribution in [0.4, 0.5) is 0 Å². The van der Waals surface area contributed by atoms with Gasteiger partial charge in [-0.05, 0) is 62.4 Å². The second kappa shape index (κ2) is 13.3. The van der Waals surface area contributed by atoms with Crippen LogP contribution in [-0.4, -0.2) is 13.6 Å². The van der Waals surface area contributed by atoms with Crippen molar-refractivity contribution in [3.63, 3.8) is 0 Å². The Morgan fingerprint density at radius 3 is 2.04 bits per heavy atom. The predicted octanol–water partition coefficient (Wildman–Crippen LogP) is 7.06. The van der Waals surface area contributed by atoms with Gasteiger partial charge in [0.15, 0.2) is 0 Å². The monoisotopic (exact) mass is 325 g/mol. The second-order valence-corrected chi connectivity index (χ2v) is 9.25. The van der Waals surface area contributed by atoms with Crippen molar-refractivity contribution in [2.24, 2.45) is 23.2 Å². The van der Waals surface area contributed by atoms with E-state index in [2.05, 4.69) is 53.9 Å². The lowest BCUT2D eigenvalue weighted by Gasteiger charge is -2.30. The first-order chi connectivity index (χ1) is 10.8. The predicted molar refractivity (Wildman–Crippen MR) is 107 cm³/mol. The molecule has 23 heavy (non-hydrogen) atoms. The number of unbranched alkanes of at least 4 members (excludes halogenated alkanes) is 2. The summed E-state index contributed by atoms with van der Waals surface area (Å²) < 4.78 is 0. The summed E-state index contributed by atoms with van der Waals surface area (Å²) in [6, 6.07) is 0. The summed E-state index contributed by atoms with van der Waals surface area (Å²) in [7, 11) is 2.10. The van der Waals surface area contributed by atoms with Crippen molar-refractivity contribution in [1.82, 2.24) is 5.32 Å². The fraction of sp³-hybridized carbons (Fsp3) is 1.00. The normalized spacial score (nSPS) is 16.3. The summed E-state index contributed by atoms with van der Waals surface area (Å²) >= 11 is 0. The molecule has 0 aromatic rings. The number of hydrogen-bond acceptors (Lipinski definition) is 1. The molecule has 0 rings (SSSR count). The Morgan fingerprint density at radius 2 is 1.52 bits per heavy atom. The van der Waals surface area contributed by atoms with Crippen LogP contribution in [0.2, 0.25) is 0 Å². The van der Waals surface area contributed by atoms with Crippen LogP contribution in [0.1, 0.15) is 106 Å². The van der Waals surface area contributed by atoms with Gasteiger partial charge in [0.05, 0.1) is 0 Å². The van der Waals surface area contributed by atoms with Crippen LogP contribution >= 0.6 is 0 Å². The molecule has 0 aromatic carbocycles. The van der Waals surface area contributed by atoms with E-state index in [4.69, 9.17) is 0 Å². The topological polar surface area (TPSA) is 12.0 Å². The SMILES string of the molecule is CCCCCC(C)C[C@H](CCNC)CC(CCC)CC(C)(C)C. The Morgan fingerprint density at radius 1 is 0.826 bits per heavy atom. The van der Waals surface area contributed by atoms with E-state index in [0.29, 0.717) is 5.41 Å². The summed E-state index contributed by atoms with van der Waals surface area (Å²) in [5.41, 5.74) is 0.472. The maximum Gasteiger partial charge on any atom is -0.00493 e. The molecule has 140 valence electrons. The summed E-state index contributed by atoms with van der Waals surface area (Å²) in [4.78, 5) is 0. The highest BCUT2D eigenvalue weighted by Gasteiger charge is 2.22. The van der Waals surface area contributed by atoms with Gasteiger partial charge in [0.25, 0.3) is 0 Å². The lowest BCUT2D eigenvalue weighted by atomic mass is 9.76. The number of hydrogen-bond donors (Lipinski definition) is 1. The highest BCUT2D eigenvalue weighted by molar-refractivity contribution is 4.74. The highest BCUT2D eigenvalue weighted by Crippen LogP contribution is 2.34. The van der Waals surface area contributed by atoms with Crippen molar-refractivity contribution in [1.29, 1.82) is 0 Å². The van der Waals surface area contributed by atoms with Crippen molar-refractivity contribution in [2.45, 2.75) is 106 Å². The van der Waals surface area contributed by atoms with E-state index >= 15 is 0 Å². The van der Waals surface area contributed by atoms with Crippen LogP contribution in [-0.2, 0) is 0 Å². The molecule has 0 fully saturated rings. The molecule has 1 nitrogen and oxygen atoms in total. The van der Waals surface area contributed by atoms with E-state index in [9.17, 15) is 0 Å². The van der Waals surface area contributed by atoms with E-state index in [0.717, 1.165) is 17.8 Å². The number of nitrogens with one attached hydrogen (secondary N) is 1. The van der Waals surface area contributed by atoms with Crippen LogP contribution in [0.15, 0.2) is 0 Å². The third kappa shape index (κ3) is 14.0. The van der Waals surface area contributed by atoms with Gasteiger partial charge < -0.3 is 5.32 Å². The molecule has 0 aliphatic rings. The molecule has 2 unspecified atom stereocenters. The van der Waals surface area contributed by atoms with Crippen LogP contribution in [0, 0.1) is 23.2 Å². The van der Waals surface area contributed by atoms with Crippen molar-refractivity contribution >= 4 is 0 Å². The van der Waals surface area contributed by atoms with E-state index in [1.807, 2.05) is 0 Å². The molecular formula is C22H47N. The first-order valence-electron chi connectivity index (χ1n) is 10.5. The first kappa shape index (κ1) is 23.0. The summed E-state index contributed by atoms with van der Waals surface area (Å²) in [6.45, 7) is 15.6. The fourth-order valence-electron chi connectivity index (χ4n) is 4.16. The third-order valence-corrected chi connectivity index (χ3v) is 5.10. The van der Waals surface area contributed by atoms with Crippen molar-refractivity contribution in [2.75, 3.05) is 13.6 Å². The third-order valence-electron chi connectivity index (χ3n) is 5.10. The minimum atomic E-state index is 0.472. The zero-order valence-electron chi connectivity index (χ0n) is 17.5. The molecule has 0 aliphatic heterocycles. The van der Waals surface area contributed by atoms with Gasteiger partial charge in [0.1, 0.15) is 0 Å². The molecular weight excluding hydrogens is 278 g/mol. The summed E-state index contributed by atoms with van der Waals surface area (Å²) in [5.74, 6) is 2.74. The van der Waals surface area contributed by atoms with Gasteiger partial charge in [-0.1, -0.05) is 80.1 Å². The van der Waals surface area contributed by atoms with E-state index < -0.39 is 0 Å². The first-order valence-corrected chi connectivity index (χ1v) is 10.5. The van der Waals surface area contributed by atoms with Gasteiger partial charge in [-0.2, -0.15) is 0 Å². The van der Waals surface area contributed by atoms with E-state index in [-0.39, 0.29) is 0 Å². The minimum Gasteiger partial charge on any atom is -0.320 e. The summed E-state index contributed by atoms with van der Waals surface area (Å²) in [5, 5.41) is 3.38. The lowest BCUT2D eigenvalue weighted by Crippen LogP contribution is -2.21. The Bertz CT molecular complexity index is 253. The largest absolute Gasteiger partial charge is 0.320 e. The van der Waals surface area contributed by atoms with E-state index in [1.165, 1.54) is 70.8 Å². The van der Waals surface area contributed by atoms with Gasteiger partial charge >= 0.3 is 0 Å². The Kier molecular flexibility index (Phi) is 13.3. The second-order valence-electron chi connectivity index (χ2n) is 9.25. The lowest BCUT2D eigenvalue weighted by molar-refractivity contribution is 0.217. The molecule has 0 bridgehead atoms. The minimum absolute atomic E-state index is 0.472. The maximum atomic E-state index is 3.38. The fourth-order valence-corrected chi connectivity index (χ4v) is 4.16. The highest BCUT2D eigenvalue weighted by atomic mass is 14.8. The molecule has 0 amide bonds. The standard InChI is InChI=1S/C22H47N/c1-8-10-11-13-19(3)16-20(14-15-23-7)17-21(12-9-2)18-22(4,5)6/h19-21,23H,8-18H2,1-7H3/t19?,20-,21?/m0/s1. The van der Waals surface area contributed by atoms with Gasteiger partial charge in [0, 0.05) is 0 Å². The molecule has 3 atom stereocenters. The maximum absolute atomic E-state index is 3.38. The molecule has 1 N–H and O–H groups in total. The zero-order chi connectivity index (χ0) is 17.7. The van der Waals surface area contributed by atoms with E-state index in [1.54, 1.807) is 0 Å². The van der Waals surface area contributed by atoms with Gasteiger partial charge in [-0.25, -0.2) is 0 Å². The Balaban J connectivity index is 4.52. The van der Waals surface area contributed by atoms with Crippen LogP contribution in [0.5, 0.6) is 0 Å². The van der Waals surface area contributed by atoms with Gasteiger partial charge in [-0.3, -0.25) is 0 Å². The zero-order valence-corrected chi connectivity index (χ0v) is 17.5. The average molecular weight is 326 g/mol. The number of rotatable bonds is 14. The molecule has 0 saturated carbocycles. The summed E-state index contributed by atoms with van der Waals surface area (Å²) in [6.07, 6.45) is 14.0. The quantitative estimate of drug-likeness (QED) is 0.337. The molecule has 0 spiro atoms. The van der Waals surface area contributed by atoms with Crippen LogP contribution < -0.4 is 5.32 Å². The van der Waals surface area contributed by atoms with Gasteiger partial charge in [0.2, 0.25) is 0 Å². The molecule has 0 radical (unpaired) electrons. The molecule has 1 heteroatoms. The molecule has 0 saturated heterocycles. The van der Waals surface area contributed by atoms with Crippen LogP contribution in [0.3, 0.4) is 0 Å². The Labute approximate surface area is 148 Å². The molecule has 0 heterocycles. The molecule has 0 aliphatic carbocycles. The Hall–Kier alpha value is -0.0400. The van der Waals surface area contributed by atoms with Crippen molar-refractivity contribution in [3.05, 3.63) is 0 Å². The van der Waals surface area contributed by atoms with Crippen LogP contribution in [0.25, 0.3) is 0 Å². The smallest absolute Gasteiger partial charge is 0.00493 e. The van der Waals surface area contributed by atoms with Crippen molar-refractivity contribution in [3.8, 4) is 0 Å². The average Bonchev–Trinajstić information content (AvgIpc) is 2.43. The van der Waals surface area contributed by atoms with Crippen molar-refractivity contribution < 1.29 is 0 Å². The van der Waals surface area contributed by atoms with Gasteiger partial charge in [-0.15, -0.1) is 0 Å². The molecule has 0 aromatic heterocycles.